The molecule has 2 rings (SSSR count). The molecule has 1 fully saturated rings. The fraction of sp³-hybridized carbons (Fsp3) is 0.500. The highest BCUT2D eigenvalue weighted by molar-refractivity contribution is 9.10. The Bertz CT molecular complexity index is 464. The number of piperidine rings is 1. The molecule has 19 heavy (non-hydrogen) atoms. The molecule has 1 aromatic carbocycles. The lowest BCUT2D eigenvalue weighted by Crippen LogP contribution is -2.42. The van der Waals surface area contributed by atoms with Crippen molar-refractivity contribution in [3.05, 3.63) is 28.2 Å². The van der Waals surface area contributed by atoms with Crippen LogP contribution in [-0.4, -0.2) is 26.0 Å². The molecule has 3 N–H and O–H groups in total. The first-order valence-electron chi connectivity index (χ1n) is 6.60. The molecule has 1 aliphatic heterocycles. The maximum Gasteiger partial charge on any atom is 0.224 e. The van der Waals surface area contributed by atoms with E-state index in [1.807, 2.05) is 6.07 Å². The zero-order valence-corrected chi connectivity index (χ0v) is 12.7. The minimum absolute atomic E-state index is 0.0769. The van der Waals surface area contributed by atoms with Crippen molar-refractivity contribution in [3.8, 4) is 0 Å². The SMILES string of the molecule is CNC(=O)C1CCCN(c2ccc(Br)cc2CN)C1. The summed E-state index contributed by atoms with van der Waals surface area (Å²) in [5.74, 6) is 0.212. The van der Waals surface area contributed by atoms with Crippen LogP contribution in [0.15, 0.2) is 22.7 Å². The molecule has 0 spiro atoms. The van der Waals surface area contributed by atoms with Crippen LogP contribution < -0.4 is 16.0 Å². The first kappa shape index (κ1) is 14.3. The summed E-state index contributed by atoms with van der Waals surface area (Å²) in [5, 5.41) is 2.75. The van der Waals surface area contributed by atoms with E-state index < -0.39 is 0 Å². The van der Waals surface area contributed by atoms with Crippen molar-refractivity contribution in [1.82, 2.24) is 5.32 Å². The van der Waals surface area contributed by atoms with E-state index in [2.05, 4.69) is 38.3 Å². The van der Waals surface area contributed by atoms with E-state index in [-0.39, 0.29) is 11.8 Å². The lowest BCUT2D eigenvalue weighted by atomic mass is 9.96. The largest absolute Gasteiger partial charge is 0.370 e. The number of amides is 1. The van der Waals surface area contributed by atoms with Crippen LogP contribution in [0, 0.1) is 5.92 Å². The summed E-state index contributed by atoms with van der Waals surface area (Å²) in [6.07, 6.45) is 2.00. The van der Waals surface area contributed by atoms with Gasteiger partial charge in [-0.25, -0.2) is 0 Å². The van der Waals surface area contributed by atoms with Gasteiger partial charge in [-0.3, -0.25) is 4.79 Å². The molecule has 0 saturated carbocycles. The molecule has 1 unspecified atom stereocenters. The first-order valence-corrected chi connectivity index (χ1v) is 7.40. The Kier molecular flexibility index (Phi) is 4.82. The molecular formula is C14H20BrN3O. The van der Waals surface area contributed by atoms with Gasteiger partial charge in [0.2, 0.25) is 5.91 Å². The minimum Gasteiger partial charge on any atom is -0.370 e. The van der Waals surface area contributed by atoms with Crippen molar-refractivity contribution in [3.63, 3.8) is 0 Å². The predicted molar refractivity (Wildman–Crippen MR) is 81.0 cm³/mol. The number of nitrogens with zero attached hydrogens (tertiary/aromatic N) is 1. The van der Waals surface area contributed by atoms with Crippen molar-refractivity contribution in [1.29, 1.82) is 0 Å². The van der Waals surface area contributed by atoms with E-state index in [0.29, 0.717) is 6.54 Å². The summed E-state index contributed by atoms with van der Waals surface area (Å²) in [4.78, 5) is 14.1. The van der Waals surface area contributed by atoms with Gasteiger partial charge in [-0.15, -0.1) is 0 Å². The minimum atomic E-state index is 0.0769. The number of anilines is 1. The molecule has 0 aliphatic carbocycles. The number of carbonyl (C=O) groups is 1. The Labute approximate surface area is 122 Å². The Morgan fingerprint density at radius 1 is 1.58 bits per heavy atom. The zero-order valence-electron chi connectivity index (χ0n) is 11.2. The topological polar surface area (TPSA) is 58.4 Å². The van der Waals surface area contributed by atoms with E-state index in [4.69, 9.17) is 5.73 Å². The third kappa shape index (κ3) is 3.28. The standard InChI is InChI=1S/C14H20BrN3O/c1-17-14(19)10-3-2-6-18(9-10)13-5-4-12(15)7-11(13)8-16/h4-5,7,10H,2-3,6,8-9,16H2,1H3,(H,17,19). The zero-order chi connectivity index (χ0) is 13.8. The molecule has 104 valence electrons. The second-order valence-electron chi connectivity index (χ2n) is 4.88. The monoisotopic (exact) mass is 325 g/mol. The molecule has 0 aromatic heterocycles. The second kappa shape index (κ2) is 6.39. The maximum absolute atomic E-state index is 11.8. The van der Waals surface area contributed by atoms with E-state index in [1.165, 1.54) is 0 Å². The van der Waals surface area contributed by atoms with Gasteiger partial charge in [0.1, 0.15) is 0 Å². The first-order chi connectivity index (χ1) is 9.15. The third-order valence-corrected chi connectivity index (χ3v) is 4.13. The molecule has 0 radical (unpaired) electrons. The van der Waals surface area contributed by atoms with Gasteiger partial charge in [0.25, 0.3) is 0 Å². The molecule has 1 aliphatic rings. The smallest absolute Gasteiger partial charge is 0.224 e. The fourth-order valence-electron chi connectivity index (χ4n) is 2.64. The average molecular weight is 326 g/mol. The van der Waals surface area contributed by atoms with Crippen LogP contribution in [0.25, 0.3) is 0 Å². The van der Waals surface area contributed by atoms with Gasteiger partial charge in [0.15, 0.2) is 0 Å². The molecule has 4 nitrogen and oxygen atoms in total. The number of nitrogens with two attached hydrogens (primary N) is 1. The van der Waals surface area contributed by atoms with E-state index >= 15 is 0 Å². The van der Waals surface area contributed by atoms with Gasteiger partial charge in [-0.1, -0.05) is 15.9 Å². The van der Waals surface area contributed by atoms with Gasteiger partial charge < -0.3 is 16.0 Å². The third-order valence-electron chi connectivity index (χ3n) is 3.64. The van der Waals surface area contributed by atoms with Crippen molar-refractivity contribution < 1.29 is 4.79 Å². The molecule has 1 atom stereocenters. The van der Waals surface area contributed by atoms with Gasteiger partial charge in [-0.05, 0) is 36.6 Å². The van der Waals surface area contributed by atoms with Crippen LogP contribution in [0.1, 0.15) is 18.4 Å². The molecule has 1 aromatic rings. The Morgan fingerprint density at radius 2 is 2.37 bits per heavy atom. The summed E-state index contributed by atoms with van der Waals surface area (Å²) < 4.78 is 1.04. The highest BCUT2D eigenvalue weighted by Crippen LogP contribution is 2.28. The summed E-state index contributed by atoms with van der Waals surface area (Å²) in [5.41, 5.74) is 8.09. The summed E-state index contributed by atoms with van der Waals surface area (Å²) in [6, 6.07) is 6.16. The number of carbonyl (C=O) groups excluding carboxylic acids is 1. The molecular weight excluding hydrogens is 306 g/mol. The van der Waals surface area contributed by atoms with Gasteiger partial charge >= 0.3 is 0 Å². The summed E-state index contributed by atoms with van der Waals surface area (Å²) in [7, 11) is 1.70. The van der Waals surface area contributed by atoms with Gasteiger partial charge in [0, 0.05) is 36.8 Å². The summed E-state index contributed by atoms with van der Waals surface area (Å²) in [6.45, 7) is 2.27. The molecule has 1 heterocycles. The van der Waals surface area contributed by atoms with Crippen molar-refractivity contribution in [2.45, 2.75) is 19.4 Å². The van der Waals surface area contributed by atoms with Crippen molar-refractivity contribution >= 4 is 27.5 Å². The van der Waals surface area contributed by atoms with Crippen molar-refractivity contribution in [2.75, 3.05) is 25.0 Å². The second-order valence-corrected chi connectivity index (χ2v) is 5.79. The van der Waals surface area contributed by atoms with Crippen molar-refractivity contribution in [2.24, 2.45) is 11.7 Å². The van der Waals surface area contributed by atoms with E-state index in [0.717, 1.165) is 41.7 Å². The lowest BCUT2D eigenvalue weighted by molar-refractivity contribution is -0.124. The lowest BCUT2D eigenvalue weighted by Gasteiger charge is -2.34. The van der Waals surface area contributed by atoms with Crippen LogP contribution >= 0.6 is 15.9 Å². The fourth-order valence-corrected chi connectivity index (χ4v) is 3.05. The number of benzene rings is 1. The number of rotatable bonds is 3. The van der Waals surface area contributed by atoms with Crippen LogP contribution in [0.4, 0.5) is 5.69 Å². The highest BCUT2D eigenvalue weighted by atomic mass is 79.9. The van der Waals surface area contributed by atoms with Crippen LogP contribution in [0.3, 0.4) is 0 Å². The van der Waals surface area contributed by atoms with E-state index in [1.54, 1.807) is 7.05 Å². The molecule has 1 amide bonds. The number of nitrogens with one attached hydrogen (secondary N) is 1. The van der Waals surface area contributed by atoms with E-state index in [9.17, 15) is 4.79 Å². The summed E-state index contributed by atoms with van der Waals surface area (Å²) >= 11 is 3.47. The van der Waals surface area contributed by atoms with Crippen LogP contribution in [-0.2, 0) is 11.3 Å². The number of hydrogen-bond donors (Lipinski definition) is 2. The highest BCUT2D eigenvalue weighted by Gasteiger charge is 2.26. The maximum atomic E-state index is 11.8. The van der Waals surface area contributed by atoms with Crippen LogP contribution in [0.5, 0.6) is 0 Å². The number of hydrogen-bond acceptors (Lipinski definition) is 3. The van der Waals surface area contributed by atoms with Gasteiger partial charge in [0.05, 0.1) is 5.92 Å². The molecule has 1 saturated heterocycles. The van der Waals surface area contributed by atoms with Gasteiger partial charge in [-0.2, -0.15) is 0 Å². The van der Waals surface area contributed by atoms with Crippen LogP contribution in [0.2, 0.25) is 0 Å². The quantitative estimate of drug-likeness (QED) is 0.892. The normalized spacial score (nSPS) is 19.3. The predicted octanol–water partition coefficient (Wildman–Crippen LogP) is 1.87. The molecule has 0 bridgehead atoms. The average Bonchev–Trinajstić information content (AvgIpc) is 2.46. The molecule has 5 heteroatoms. The Balaban J connectivity index is 2.19. The Morgan fingerprint density at radius 3 is 3.05 bits per heavy atom. The number of halogens is 1. The Hall–Kier alpha value is -1.07.